The lowest BCUT2D eigenvalue weighted by Gasteiger charge is -2.00. The predicted octanol–water partition coefficient (Wildman–Crippen LogP) is 4.38. The van der Waals surface area contributed by atoms with Crippen molar-refractivity contribution in [2.24, 2.45) is 0 Å². The van der Waals surface area contributed by atoms with Crippen molar-refractivity contribution in [3.8, 4) is 0 Å². The maximum atomic E-state index is 4.41. The van der Waals surface area contributed by atoms with Crippen LogP contribution in [-0.2, 0) is 6.42 Å². The molecule has 3 heteroatoms. The summed E-state index contributed by atoms with van der Waals surface area (Å²) in [4.78, 5) is 4.41. The summed E-state index contributed by atoms with van der Waals surface area (Å²) in [6.45, 7) is 0. The van der Waals surface area contributed by atoms with Crippen molar-refractivity contribution in [2.75, 3.05) is 4.43 Å². The van der Waals surface area contributed by atoms with Gasteiger partial charge in [0.2, 0.25) is 0 Å². The van der Waals surface area contributed by atoms with E-state index in [-0.39, 0.29) is 0 Å². The fourth-order valence-electron chi connectivity index (χ4n) is 1.34. The van der Waals surface area contributed by atoms with E-state index in [1.807, 2.05) is 6.07 Å². The molecule has 0 fully saturated rings. The van der Waals surface area contributed by atoms with Gasteiger partial charge in [0, 0.05) is 5.69 Å². The summed E-state index contributed by atoms with van der Waals surface area (Å²) in [7, 11) is 0. The average molecular weight is 368 g/mol. The SMILES string of the molecule is Brc1cccc(CCCCCCI)n1. The van der Waals surface area contributed by atoms with Gasteiger partial charge in [-0.1, -0.05) is 41.5 Å². The molecular formula is C11H15BrIN. The maximum absolute atomic E-state index is 4.41. The zero-order chi connectivity index (χ0) is 10.2. The first kappa shape index (κ1) is 12.4. The topological polar surface area (TPSA) is 12.9 Å². The highest BCUT2D eigenvalue weighted by atomic mass is 127. The molecule has 0 amide bonds. The van der Waals surface area contributed by atoms with Crippen LogP contribution in [0.15, 0.2) is 22.8 Å². The molecule has 0 unspecified atom stereocenters. The molecule has 0 atom stereocenters. The first-order valence-electron chi connectivity index (χ1n) is 5.00. The number of rotatable bonds is 6. The summed E-state index contributed by atoms with van der Waals surface area (Å²) < 4.78 is 2.23. The third-order valence-electron chi connectivity index (χ3n) is 2.09. The minimum absolute atomic E-state index is 0.947. The van der Waals surface area contributed by atoms with Gasteiger partial charge in [-0.3, -0.25) is 0 Å². The first-order chi connectivity index (χ1) is 6.83. The molecule has 0 aliphatic heterocycles. The number of halogens is 2. The van der Waals surface area contributed by atoms with E-state index in [0.717, 1.165) is 11.0 Å². The lowest BCUT2D eigenvalue weighted by molar-refractivity contribution is 0.666. The van der Waals surface area contributed by atoms with Gasteiger partial charge in [0.05, 0.1) is 0 Å². The second kappa shape index (κ2) is 7.63. The standard InChI is InChI=1S/C11H15BrIN/c12-11-8-5-7-10(14-11)6-3-1-2-4-9-13/h5,7-8H,1-4,6,9H2. The molecule has 1 nitrogen and oxygen atoms in total. The third kappa shape index (κ3) is 5.29. The van der Waals surface area contributed by atoms with Crippen LogP contribution in [0.3, 0.4) is 0 Å². The van der Waals surface area contributed by atoms with Crippen LogP contribution in [0.1, 0.15) is 31.4 Å². The van der Waals surface area contributed by atoms with Crippen LogP contribution >= 0.6 is 38.5 Å². The Morgan fingerprint density at radius 2 is 1.93 bits per heavy atom. The molecule has 78 valence electrons. The molecular weight excluding hydrogens is 353 g/mol. The van der Waals surface area contributed by atoms with Gasteiger partial charge in [-0.25, -0.2) is 4.98 Å². The molecule has 0 radical (unpaired) electrons. The molecule has 1 aromatic heterocycles. The average Bonchev–Trinajstić information content (AvgIpc) is 2.18. The molecule has 1 heterocycles. The Hall–Kier alpha value is 0.360. The van der Waals surface area contributed by atoms with Crippen LogP contribution in [0.4, 0.5) is 0 Å². The van der Waals surface area contributed by atoms with Gasteiger partial charge < -0.3 is 0 Å². The summed E-state index contributed by atoms with van der Waals surface area (Å²) in [5.74, 6) is 0. The maximum Gasteiger partial charge on any atom is 0.106 e. The largest absolute Gasteiger partial charge is 0.246 e. The molecule has 1 aromatic rings. The van der Waals surface area contributed by atoms with Crippen LogP contribution in [0.25, 0.3) is 0 Å². The number of pyridine rings is 1. The number of unbranched alkanes of at least 4 members (excludes halogenated alkanes) is 3. The van der Waals surface area contributed by atoms with Crippen LogP contribution in [0, 0.1) is 0 Å². The summed E-state index contributed by atoms with van der Waals surface area (Å²) in [6.07, 6.45) is 6.42. The van der Waals surface area contributed by atoms with E-state index < -0.39 is 0 Å². The van der Waals surface area contributed by atoms with Crippen molar-refractivity contribution >= 4 is 38.5 Å². The number of aryl methyl sites for hydroxylation is 1. The van der Waals surface area contributed by atoms with Crippen molar-refractivity contribution in [1.29, 1.82) is 0 Å². The van der Waals surface area contributed by atoms with Gasteiger partial charge in [-0.2, -0.15) is 0 Å². The van der Waals surface area contributed by atoms with E-state index in [9.17, 15) is 0 Å². The number of nitrogens with zero attached hydrogens (tertiary/aromatic N) is 1. The van der Waals surface area contributed by atoms with E-state index in [2.05, 4.69) is 55.6 Å². The van der Waals surface area contributed by atoms with Crippen molar-refractivity contribution in [3.63, 3.8) is 0 Å². The van der Waals surface area contributed by atoms with Gasteiger partial charge >= 0.3 is 0 Å². The molecule has 0 aliphatic carbocycles. The number of aromatic nitrogens is 1. The van der Waals surface area contributed by atoms with Gasteiger partial charge in [-0.15, -0.1) is 0 Å². The minimum Gasteiger partial charge on any atom is -0.246 e. The van der Waals surface area contributed by atoms with Crippen LogP contribution < -0.4 is 0 Å². The highest BCUT2D eigenvalue weighted by molar-refractivity contribution is 14.1. The highest BCUT2D eigenvalue weighted by Gasteiger charge is 1.95. The molecule has 0 saturated carbocycles. The normalized spacial score (nSPS) is 10.4. The number of alkyl halides is 1. The van der Waals surface area contributed by atoms with Gasteiger partial charge in [0.1, 0.15) is 4.60 Å². The summed E-state index contributed by atoms with van der Waals surface area (Å²) in [5.41, 5.74) is 1.20. The number of hydrogen-bond donors (Lipinski definition) is 0. The smallest absolute Gasteiger partial charge is 0.106 e. The monoisotopic (exact) mass is 367 g/mol. The van der Waals surface area contributed by atoms with E-state index in [1.165, 1.54) is 35.8 Å². The Kier molecular flexibility index (Phi) is 6.77. The summed E-state index contributed by atoms with van der Waals surface area (Å²) in [5, 5.41) is 0. The fraction of sp³-hybridized carbons (Fsp3) is 0.545. The van der Waals surface area contributed by atoms with E-state index in [1.54, 1.807) is 0 Å². The van der Waals surface area contributed by atoms with E-state index in [4.69, 9.17) is 0 Å². The second-order valence-corrected chi connectivity index (χ2v) is 5.20. The molecule has 14 heavy (non-hydrogen) atoms. The van der Waals surface area contributed by atoms with Crippen molar-refractivity contribution in [1.82, 2.24) is 4.98 Å². The molecule has 1 rings (SSSR count). The van der Waals surface area contributed by atoms with E-state index in [0.29, 0.717) is 0 Å². The highest BCUT2D eigenvalue weighted by Crippen LogP contribution is 2.10. The molecule has 0 saturated heterocycles. The Morgan fingerprint density at radius 3 is 2.64 bits per heavy atom. The minimum atomic E-state index is 0.947. The Morgan fingerprint density at radius 1 is 1.14 bits per heavy atom. The second-order valence-electron chi connectivity index (χ2n) is 3.30. The third-order valence-corrected chi connectivity index (χ3v) is 3.29. The molecule has 0 aliphatic rings. The van der Waals surface area contributed by atoms with Crippen LogP contribution in [0.5, 0.6) is 0 Å². The summed E-state index contributed by atoms with van der Waals surface area (Å²) in [6, 6.07) is 6.12. The van der Waals surface area contributed by atoms with Gasteiger partial charge in [-0.05, 0) is 51.8 Å². The Bertz CT molecular complexity index is 265. The first-order valence-corrected chi connectivity index (χ1v) is 7.32. The van der Waals surface area contributed by atoms with Crippen LogP contribution in [0.2, 0.25) is 0 Å². The fourth-order valence-corrected chi connectivity index (χ4v) is 2.26. The van der Waals surface area contributed by atoms with Gasteiger partial charge in [0.25, 0.3) is 0 Å². The lowest BCUT2D eigenvalue weighted by atomic mass is 10.1. The number of hydrogen-bond acceptors (Lipinski definition) is 1. The lowest BCUT2D eigenvalue weighted by Crippen LogP contribution is -1.90. The van der Waals surface area contributed by atoms with E-state index >= 15 is 0 Å². The predicted molar refractivity (Wildman–Crippen MR) is 73.0 cm³/mol. The Labute approximate surface area is 108 Å². The van der Waals surface area contributed by atoms with Crippen LogP contribution in [-0.4, -0.2) is 9.41 Å². The quantitative estimate of drug-likeness (QED) is 0.314. The van der Waals surface area contributed by atoms with Crippen molar-refractivity contribution in [3.05, 3.63) is 28.5 Å². The zero-order valence-corrected chi connectivity index (χ0v) is 11.9. The van der Waals surface area contributed by atoms with Crippen molar-refractivity contribution < 1.29 is 0 Å². The van der Waals surface area contributed by atoms with Gasteiger partial charge in [0.15, 0.2) is 0 Å². The Balaban J connectivity index is 2.18. The molecule has 0 N–H and O–H groups in total. The molecule has 0 aromatic carbocycles. The summed E-state index contributed by atoms with van der Waals surface area (Å²) >= 11 is 5.82. The molecule has 0 bridgehead atoms. The van der Waals surface area contributed by atoms with Crippen molar-refractivity contribution in [2.45, 2.75) is 32.1 Å². The zero-order valence-electron chi connectivity index (χ0n) is 8.18. The molecule has 0 spiro atoms.